The maximum atomic E-state index is 5.49. The molecule has 2 heterocycles. The van der Waals surface area contributed by atoms with Crippen LogP contribution in [0.25, 0.3) is 0 Å². The number of benzene rings is 1. The SMILES string of the molecule is c1ccc(C(NCc2ncon2)c2ccco2)cc1. The molecule has 1 atom stereocenters. The Balaban J connectivity index is 1.81. The van der Waals surface area contributed by atoms with Crippen LogP contribution in [0.3, 0.4) is 0 Å². The lowest BCUT2D eigenvalue weighted by atomic mass is 10.0. The van der Waals surface area contributed by atoms with E-state index in [1.165, 1.54) is 6.39 Å². The van der Waals surface area contributed by atoms with Gasteiger partial charge >= 0.3 is 0 Å². The van der Waals surface area contributed by atoms with E-state index >= 15 is 0 Å². The fourth-order valence-corrected chi connectivity index (χ4v) is 1.95. The maximum absolute atomic E-state index is 5.49. The number of hydrogen-bond donors (Lipinski definition) is 1. The lowest BCUT2D eigenvalue weighted by Crippen LogP contribution is -2.22. The van der Waals surface area contributed by atoms with Gasteiger partial charge in [0.1, 0.15) is 5.76 Å². The Morgan fingerprint density at radius 1 is 1.11 bits per heavy atom. The van der Waals surface area contributed by atoms with E-state index in [0.717, 1.165) is 11.3 Å². The van der Waals surface area contributed by atoms with E-state index in [9.17, 15) is 0 Å². The van der Waals surface area contributed by atoms with Crippen LogP contribution in [0.2, 0.25) is 0 Å². The Bertz CT molecular complexity index is 591. The van der Waals surface area contributed by atoms with Crippen molar-refractivity contribution in [2.75, 3.05) is 0 Å². The first-order valence-electron chi connectivity index (χ1n) is 6.00. The summed E-state index contributed by atoms with van der Waals surface area (Å²) in [5.74, 6) is 1.47. The minimum absolute atomic E-state index is 0.0327. The Kier molecular flexibility index (Phi) is 3.38. The lowest BCUT2D eigenvalue weighted by molar-refractivity contribution is 0.400. The second kappa shape index (κ2) is 5.49. The molecular formula is C14H13N3O2. The molecule has 0 aliphatic rings. The standard InChI is InChI=1S/C14H13N3O2/c1-2-5-11(6-3-1)14(12-7-4-8-18-12)15-9-13-16-10-19-17-13/h1-8,10,14-15H,9H2. The molecular weight excluding hydrogens is 242 g/mol. The van der Waals surface area contributed by atoms with Gasteiger partial charge in [-0.25, -0.2) is 0 Å². The number of furan rings is 1. The van der Waals surface area contributed by atoms with Crippen molar-refractivity contribution in [2.24, 2.45) is 0 Å². The van der Waals surface area contributed by atoms with E-state index in [1.54, 1.807) is 6.26 Å². The zero-order chi connectivity index (χ0) is 12.9. The van der Waals surface area contributed by atoms with Crippen LogP contribution in [-0.4, -0.2) is 10.1 Å². The average molecular weight is 255 g/mol. The van der Waals surface area contributed by atoms with Gasteiger partial charge < -0.3 is 8.94 Å². The van der Waals surface area contributed by atoms with Crippen LogP contribution in [0.4, 0.5) is 0 Å². The average Bonchev–Trinajstić information content (AvgIpc) is 3.13. The van der Waals surface area contributed by atoms with Gasteiger partial charge in [0.15, 0.2) is 5.82 Å². The molecule has 5 heteroatoms. The summed E-state index contributed by atoms with van der Waals surface area (Å²) in [5.41, 5.74) is 1.13. The van der Waals surface area contributed by atoms with Crippen LogP contribution >= 0.6 is 0 Å². The molecule has 0 saturated heterocycles. The number of rotatable bonds is 5. The first kappa shape index (κ1) is 11.7. The molecule has 0 saturated carbocycles. The fraction of sp³-hybridized carbons (Fsp3) is 0.143. The highest BCUT2D eigenvalue weighted by molar-refractivity contribution is 5.26. The Morgan fingerprint density at radius 2 is 2.00 bits per heavy atom. The highest BCUT2D eigenvalue weighted by Gasteiger charge is 2.16. The number of aromatic nitrogens is 2. The molecule has 1 aromatic carbocycles. The van der Waals surface area contributed by atoms with E-state index in [0.29, 0.717) is 12.4 Å². The van der Waals surface area contributed by atoms with E-state index in [1.807, 2.05) is 30.3 Å². The van der Waals surface area contributed by atoms with E-state index in [2.05, 4.69) is 27.6 Å². The van der Waals surface area contributed by atoms with Gasteiger partial charge in [-0.05, 0) is 17.7 Å². The Hall–Kier alpha value is -2.40. The molecule has 0 spiro atoms. The van der Waals surface area contributed by atoms with Crippen molar-refractivity contribution < 1.29 is 8.94 Å². The fourth-order valence-electron chi connectivity index (χ4n) is 1.95. The van der Waals surface area contributed by atoms with Crippen LogP contribution in [0.5, 0.6) is 0 Å². The largest absolute Gasteiger partial charge is 0.467 e. The predicted molar refractivity (Wildman–Crippen MR) is 68.1 cm³/mol. The van der Waals surface area contributed by atoms with Crippen LogP contribution in [-0.2, 0) is 6.54 Å². The van der Waals surface area contributed by atoms with E-state index in [4.69, 9.17) is 8.94 Å². The number of nitrogens with one attached hydrogen (secondary N) is 1. The second-order valence-corrected chi connectivity index (χ2v) is 4.09. The van der Waals surface area contributed by atoms with Gasteiger partial charge in [-0.3, -0.25) is 5.32 Å². The van der Waals surface area contributed by atoms with Crippen molar-refractivity contribution in [3.05, 3.63) is 72.3 Å². The second-order valence-electron chi connectivity index (χ2n) is 4.09. The molecule has 19 heavy (non-hydrogen) atoms. The van der Waals surface area contributed by atoms with Gasteiger partial charge in [-0.15, -0.1) is 0 Å². The predicted octanol–water partition coefficient (Wildman–Crippen LogP) is 2.54. The zero-order valence-corrected chi connectivity index (χ0v) is 10.2. The van der Waals surface area contributed by atoms with Gasteiger partial charge in [0.2, 0.25) is 6.39 Å². The summed E-state index contributed by atoms with van der Waals surface area (Å²) in [4.78, 5) is 3.99. The first-order valence-corrected chi connectivity index (χ1v) is 6.00. The van der Waals surface area contributed by atoms with Crippen LogP contribution < -0.4 is 5.32 Å². The molecule has 96 valence electrons. The molecule has 1 N–H and O–H groups in total. The van der Waals surface area contributed by atoms with Crippen molar-refractivity contribution in [3.8, 4) is 0 Å². The highest BCUT2D eigenvalue weighted by atomic mass is 16.5. The summed E-state index contributed by atoms with van der Waals surface area (Å²) in [6.45, 7) is 0.511. The summed E-state index contributed by atoms with van der Waals surface area (Å²) in [7, 11) is 0. The minimum atomic E-state index is -0.0327. The van der Waals surface area contributed by atoms with Crippen molar-refractivity contribution in [3.63, 3.8) is 0 Å². The first-order chi connectivity index (χ1) is 9.43. The number of nitrogens with zero attached hydrogens (tertiary/aromatic N) is 2. The van der Waals surface area contributed by atoms with Gasteiger partial charge in [0.05, 0.1) is 18.8 Å². The molecule has 0 radical (unpaired) electrons. The molecule has 0 aliphatic carbocycles. The van der Waals surface area contributed by atoms with Crippen LogP contribution in [0, 0.1) is 0 Å². The van der Waals surface area contributed by atoms with Gasteiger partial charge in [0, 0.05) is 0 Å². The third-order valence-corrected chi connectivity index (χ3v) is 2.83. The molecule has 2 aromatic heterocycles. The van der Waals surface area contributed by atoms with Crippen LogP contribution in [0.1, 0.15) is 23.2 Å². The van der Waals surface area contributed by atoms with Crippen molar-refractivity contribution in [2.45, 2.75) is 12.6 Å². The molecule has 0 bridgehead atoms. The van der Waals surface area contributed by atoms with Crippen molar-refractivity contribution >= 4 is 0 Å². The zero-order valence-electron chi connectivity index (χ0n) is 10.2. The van der Waals surface area contributed by atoms with Gasteiger partial charge in [-0.1, -0.05) is 35.5 Å². The third-order valence-electron chi connectivity index (χ3n) is 2.83. The molecule has 5 nitrogen and oxygen atoms in total. The monoisotopic (exact) mass is 255 g/mol. The topological polar surface area (TPSA) is 64.1 Å². The summed E-state index contributed by atoms with van der Waals surface area (Å²) < 4.78 is 10.2. The summed E-state index contributed by atoms with van der Waals surface area (Å²) >= 11 is 0. The maximum Gasteiger partial charge on any atom is 0.213 e. The Labute approximate surface area is 110 Å². The molecule has 1 unspecified atom stereocenters. The third kappa shape index (κ3) is 2.71. The normalized spacial score (nSPS) is 12.4. The van der Waals surface area contributed by atoms with E-state index in [-0.39, 0.29) is 6.04 Å². The van der Waals surface area contributed by atoms with Crippen LogP contribution in [0.15, 0.2) is 64.1 Å². The molecule has 3 aromatic rings. The molecule has 3 rings (SSSR count). The Morgan fingerprint density at radius 3 is 2.68 bits per heavy atom. The van der Waals surface area contributed by atoms with Crippen molar-refractivity contribution in [1.82, 2.24) is 15.5 Å². The smallest absolute Gasteiger partial charge is 0.213 e. The quantitative estimate of drug-likeness (QED) is 0.759. The molecule has 0 amide bonds. The number of hydrogen-bond acceptors (Lipinski definition) is 5. The highest BCUT2D eigenvalue weighted by Crippen LogP contribution is 2.22. The lowest BCUT2D eigenvalue weighted by Gasteiger charge is -2.15. The summed E-state index contributed by atoms with van der Waals surface area (Å²) in [5, 5.41) is 7.15. The van der Waals surface area contributed by atoms with Crippen molar-refractivity contribution in [1.29, 1.82) is 0 Å². The minimum Gasteiger partial charge on any atom is -0.467 e. The molecule has 0 aliphatic heterocycles. The van der Waals surface area contributed by atoms with Gasteiger partial charge in [-0.2, -0.15) is 4.98 Å². The van der Waals surface area contributed by atoms with E-state index < -0.39 is 0 Å². The van der Waals surface area contributed by atoms with Gasteiger partial charge in [0.25, 0.3) is 0 Å². The summed E-state index contributed by atoms with van der Waals surface area (Å²) in [6.07, 6.45) is 2.99. The molecule has 0 fully saturated rings. The summed E-state index contributed by atoms with van der Waals surface area (Å²) in [6, 6.07) is 13.9.